The van der Waals surface area contributed by atoms with E-state index < -0.39 is 5.97 Å². The highest BCUT2D eigenvalue weighted by molar-refractivity contribution is 7.99. The zero-order valence-corrected chi connectivity index (χ0v) is 23.2. The van der Waals surface area contributed by atoms with Crippen molar-refractivity contribution in [2.24, 2.45) is 0 Å². The number of nitrogens with zero attached hydrogens (tertiary/aromatic N) is 3. The van der Waals surface area contributed by atoms with Crippen molar-refractivity contribution in [2.45, 2.75) is 18.1 Å². The standard InChI is InChI=1S/C27H25ClN4O4S2/c1-4-13-32-22(14-17-5-11-20(35-2)12-6-17)30-31-27(32)38-16-23(33)29-25-24(26(34)36-3)21(15-37-25)18-7-9-19(28)10-8-18/h4-12,15H,1,13-14,16H2,2-3H3,(H,29,33). The number of allylic oxidation sites excluding steroid dienone is 1. The fourth-order valence-corrected chi connectivity index (χ4v) is 5.55. The predicted octanol–water partition coefficient (Wildman–Crippen LogP) is 5.96. The van der Waals surface area contributed by atoms with Gasteiger partial charge in [0.2, 0.25) is 5.91 Å². The Morgan fingerprint density at radius 1 is 1.13 bits per heavy atom. The molecule has 0 aliphatic rings. The molecule has 4 aromatic rings. The number of hydrogen-bond donors (Lipinski definition) is 1. The third kappa shape index (κ3) is 6.45. The minimum Gasteiger partial charge on any atom is -0.497 e. The summed E-state index contributed by atoms with van der Waals surface area (Å²) in [5.41, 5.74) is 2.82. The van der Waals surface area contributed by atoms with E-state index in [1.165, 1.54) is 30.2 Å². The SMILES string of the molecule is C=CCn1c(Cc2ccc(OC)cc2)nnc1SCC(=O)Nc1scc(-c2ccc(Cl)cc2)c1C(=O)OC. The zero-order valence-electron chi connectivity index (χ0n) is 20.8. The highest BCUT2D eigenvalue weighted by Gasteiger charge is 2.23. The van der Waals surface area contributed by atoms with Crippen LogP contribution in [0.5, 0.6) is 5.75 Å². The van der Waals surface area contributed by atoms with Crippen LogP contribution in [-0.2, 0) is 22.5 Å². The fraction of sp³-hybridized carbons (Fsp3) is 0.185. The first kappa shape index (κ1) is 27.4. The Balaban J connectivity index is 1.47. The van der Waals surface area contributed by atoms with Gasteiger partial charge in [0.1, 0.15) is 22.1 Å². The number of thiophene rings is 1. The largest absolute Gasteiger partial charge is 0.497 e. The Kier molecular flexibility index (Phi) is 9.22. The first-order valence-corrected chi connectivity index (χ1v) is 13.7. The highest BCUT2D eigenvalue weighted by atomic mass is 35.5. The molecule has 0 fully saturated rings. The van der Waals surface area contributed by atoms with Gasteiger partial charge in [0.05, 0.1) is 20.0 Å². The van der Waals surface area contributed by atoms with Gasteiger partial charge in [-0.3, -0.25) is 4.79 Å². The number of halogens is 1. The molecule has 0 bridgehead atoms. The van der Waals surface area contributed by atoms with E-state index in [-0.39, 0.29) is 11.7 Å². The lowest BCUT2D eigenvalue weighted by molar-refractivity contribution is -0.113. The topological polar surface area (TPSA) is 95.3 Å². The van der Waals surface area contributed by atoms with Crippen LogP contribution in [0.2, 0.25) is 5.02 Å². The van der Waals surface area contributed by atoms with Crippen molar-refractivity contribution in [3.8, 4) is 16.9 Å². The maximum Gasteiger partial charge on any atom is 0.341 e. The maximum absolute atomic E-state index is 12.9. The molecule has 0 spiro atoms. The lowest BCUT2D eigenvalue weighted by Crippen LogP contribution is -2.16. The van der Waals surface area contributed by atoms with Crippen molar-refractivity contribution >= 4 is 51.6 Å². The first-order valence-electron chi connectivity index (χ1n) is 11.5. The second kappa shape index (κ2) is 12.8. The van der Waals surface area contributed by atoms with Gasteiger partial charge in [-0.2, -0.15) is 0 Å². The lowest BCUT2D eigenvalue weighted by Gasteiger charge is -2.09. The summed E-state index contributed by atoms with van der Waals surface area (Å²) in [6.45, 7) is 4.34. The molecule has 2 aromatic heterocycles. The number of esters is 1. The summed E-state index contributed by atoms with van der Waals surface area (Å²) >= 11 is 8.52. The summed E-state index contributed by atoms with van der Waals surface area (Å²) < 4.78 is 12.1. The summed E-state index contributed by atoms with van der Waals surface area (Å²) in [6, 6.07) is 14.9. The molecule has 0 radical (unpaired) electrons. The second-order valence-corrected chi connectivity index (χ2v) is 10.3. The van der Waals surface area contributed by atoms with Gasteiger partial charge in [0, 0.05) is 28.9 Å². The molecule has 2 aromatic carbocycles. The van der Waals surface area contributed by atoms with E-state index in [1.807, 2.05) is 46.3 Å². The van der Waals surface area contributed by atoms with Crippen molar-refractivity contribution in [1.29, 1.82) is 0 Å². The van der Waals surface area contributed by atoms with Crippen LogP contribution in [0.25, 0.3) is 11.1 Å². The Hall–Kier alpha value is -3.60. The molecule has 38 heavy (non-hydrogen) atoms. The van der Waals surface area contributed by atoms with Gasteiger partial charge < -0.3 is 19.4 Å². The molecular weight excluding hydrogens is 544 g/mol. The zero-order chi connectivity index (χ0) is 27.1. The average molecular weight is 569 g/mol. The molecule has 0 unspecified atom stereocenters. The summed E-state index contributed by atoms with van der Waals surface area (Å²) in [5, 5.41) is 14.9. The molecule has 11 heteroatoms. The molecule has 0 aliphatic carbocycles. The van der Waals surface area contributed by atoms with Crippen LogP contribution in [0.3, 0.4) is 0 Å². The van der Waals surface area contributed by atoms with Crippen LogP contribution in [0.4, 0.5) is 5.00 Å². The number of aromatic nitrogens is 3. The van der Waals surface area contributed by atoms with E-state index in [1.54, 1.807) is 25.3 Å². The molecule has 1 N–H and O–H groups in total. The second-order valence-electron chi connectivity index (χ2n) is 8.01. The number of amides is 1. The molecule has 0 aliphatic heterocycles. The van der Waals surface area contributed by atoms with Crippen molar-refractivity contribution < 1.29 is 19.1 Å². The van der Waals surface area contributed by atoms with Crippen molar-refractivity contribution in [3.63, 3.8) is 0 Å². The van der Waals surface area contributed by atoms with Gasteiger partial charge in [-0.1, -0.05) is 53.7 Å². The van der Waals surface area contributed by atoms with Crippen molar-refractivity contribution in [3.05, 3.63) is 88.5 Å². The molecule has 4 rings (SSSR count). The molecule has 8 nitrogen and oxygen atoms in total. The van der Waals surface area contributed by atoms with Gasteiger partial charge in [-0.15, -0.1) is 28.1 Å². The van der Waals surface area contributed by atoms with E-state index >= 15 is 0 Å². The maximum atomic E-state index is 12.9. The first-order chi connectivity index (χ1) is 18.4. The summed E-state index contributed by atoms with van der Waals surface area (Å²) in [7, 11) is 2.94. The molecule has 0 saturated heterocycles. The van der Waals surface area contributed by atoms with Gasteiger partial charge in [-0.05, 0) is 35.4 Å². The Bertz CT molecular complexity index is 1430. The number of nitrogens with one attached hydrogen (secondary N) is 1. The molecule has 196 valence electrons. The van der Waals surface area contributed by atoms with Gasteiger partial charge in [-0.25, -0.2) is 4.79 Å². The summed E-state index contributed by atoms with van der Waals surface area (Å²) in [6.07, 6.45) is 2.33. The fourth-order valence-electron chi connectivity index (χ4n) is 3.68. The number of hydrogen-bond acceptors (Lipinski definition) is 8. The van der Waals surface area contributed by atoms with Crippen LogP contribution >= 0.6 is 34.7 Å². The van der Waals surface area contributed by atoms with E-state index in [0.29, 0.717) is 39.3 Å². The van der Waals surface area contributed by atoms with Crippen LogP contribution in [-0.4, -0.2) is 46.6 Å². The monoisotopic (exact) mass is 568 g/mol. The summed E-state index contributed by atoms with van der Waals surface area (Å²) in [5.74, 6) is 0.802. The number of carbonyl (C=O) groups is 2. The number of methoxy groups -OCH3 is 2. The predicted molar refractivity (Wildman–Crippen MR) is 151 cm³/mol. The minimum absolute atomic E-state index is 0.0760. The quantitative estimate of drug-likeness (QED) is 0.135. The smallest absolute Gasteiger partial charge is 0.341 e. The van der Waals surface area contributed by atoms with Gasteiger partial charge >= 0.3 is 5.97 Å². The molecule has 0 atom stereocenters. The van der Waals surface area contributed by atoms with E-state index in [0.717, 1.165) is 22.7 Å². The Morgan fingerprint density at radius 2 is 1.87 bits per heavy atom. The number of thioether (sulfide) groups is 1. The van der Waals surface area contributed by atoms with Crippen LogP contribution in [0.15, 0.2) is 71.7 Å². The molecule has 0 saturated carbocycles. The Labute approximate surface area is 233 Å². The van der Waals surface area contributed by atoms with Crippen molar-refractivity contribution in [2.75, 3.05) is 25.3 Å². The number of anilines is 1. The van der Waals surface area contributed by atoms with Gasteiger partial charge in [0.25, 0.3) is 0 Å². The Morgan fingerprint density at radius 3 is 2.53 bits per heavy atom. The van der Waals surface area contributed by atoms with E-state index in [4.69, 9.17) is 21.1 Å². The summed E-state index contributed by atoms with van der Waals surface area (Å²) in [4.78, 5) is 25.5. The molecular formula is C27H25ClN4O4S2. The minimum atomic E-state index is -0.534. The third-order valence-corrected chi connectivity index (χ3v) is 7.66. The van der Waals surface area contributed by atoms with Crippen LogP contribution < -0.4 is 10.1 Å². The van der Waals surface area contributed by atoms with Gasteiger partial charge in [0.15, 0.2) is 5.16 Å². The van der Waals surface area contributed by atoms with Crippen molar-refractivity contribution in [1.82, 2.24) is 14.8 Å². The number of rotatable bonds is 11. The highest BCUT2D eigenvalue weighted by Crippen LogP contribution is 2.36. The van der Waals surface area contributed by atoms with E-state index in [2.05, 4.69) is 22.1 Å². The third-order valence-electron chi connectivity index (χ3n) is 5.55. The lowest BCUT2D eigenvalue weighted by atomic mass is 10.0. The molecule has 1 amide bonds. The average Bonchev–Trinajstić information content (AvgIpc) is 3.52. The van der Waals surface area contributed by atoms with Crippen LogP contribution in [0, 0.1) is 0 Å². The normalized spacial score (nSPS) is 10.7. The molecule has 2 heterocycles. The van der Waals surface area contributed by atoms with E-state index in [9.17, 15) is 9.59 Å². The number of carbonyl (C=O) groups excluding carboxylic acids is 2. The number of benzene rings is 2. The number of ether oxygens (including phenoxy) is 2. The van der Waals surface area contributed by atoms with Crippen LogP contribution in [0.1, 0.15) is 21.7 Å².